The molecule has 0 amide bonds. The van der Waals surface area contributed by atoms with Gasteiger partial charge in [0.2, 0.25) is 10.0 Å². The Morgan fingerprint density at radius 3 is 2.75 bits per heavy atom. The van der Waals surface area contributed by atoms with Crippen LogP contribution in [0.5, 0.6) is 0 Å². The molecule has 0 spiro atoms. The molecule has 16 heavy (non-hydrogen) atoms. The van der Waals surface area contributed by atoms with Gasteiger partial charge in [0.25, 0.3) is 0 Å². The highest BCUT2D eigenvalue weighted by atomic mass is 32.2. The zero-order valence-electron chi connectivity index (χ0n) is 9.22. The first kappa shape index (κ1) is 14.6. The van der Waals surface area contributed by atoms with Crippen molar-refractivity contribution in [1.82, 2.24) is 4.72 Å². The van der Waals surface area contributed by atoms with E-state index in [9.17, 15) is 8.42 Å². The first-order valence-electron chi connectivity index (χ1n) is 5.41. The van der Waals surface area contributed by atoms with E-state index in [1.165, 1.54) is 5.75 Å². The van der Waals surface area contributed by atoms with Crippen molar-refractivity contribution in [3.05, 3.63) is 0 Å². The molecule has 0 aliphatic carbocycles. The van der Waals surface area contributed by atoms with Crippen LogP contribution in [0, 0.1) is 0 Å². The molecule has 1 saturated heterocycles. The lowest BCUT2D eigenvalue weighted by Crippen LogP contribution is -2.34. The first-order chi connectivity index (χ1) is 7.64. The number of aliphatic hydroxyl groups is 1. The Kier molecular flexibility index (Phi) is 7.14. The fourth-order valence-electron chi connectivity index (χ4n) is 1.35. The zero-order valence-corrected chi connectivity index (χ0v) is 11.7. The molecule has 7 heteroatoms. The number of hydrogen-bond donors (Lipinski definition) is 2. The van der Waals surface area contributed by atoms with E-state index in [2.05, 4.69) is 4.72 Å². The van der Waals surface area contributed by atoms with E-state index in [-0.39, 0.29) is 12.4 Å². The standard InChI is InChI=1S/C9H19NO3S3/c11-3-1-2-6-16(12,13)10-7-9-8-14-4-5-15-9/h9-11H,1-8H2. The number of nitrogens with one attached hydrogen (secondary N) is 1. The van der Waals surface area contributed by atoms with E-state index in [1.54, 1.807) is 0 Å². The fraction of sp³-hybridized carbons (Fsp3) is 1.00. The summed E-state index contributed by atoms with van der Waals surface area (Å²) in [5.41, 5.74) is 0. The lowest BCUT2D eigenvalue weighted by Gasteiger charge is -2.21. The number of sulfonamides is 1. The zero-order chi connectivity index (χ0) is 11.9. The minimum Gasteiger partial charge on any atom is -0.396 e. The second-order valence-electron chi connectivity index (χ2n) is 3.67. The van der Waals surface area contributed by atoms with Crippen LogP contribution in [0.4, 0.5) is 0 Å². The fourth-order valence-corrected chi connectivity index (χ4v) is 5.25. The van der Waals surface area contributed by atoms with E-state index in [4.69, 9.17) is 5.11 Å². The van der Waals surface area contributed by atoms with Crippen molar-refractivity contribution in [1.29, 1.82) is 0 Å². The smallest absolute Gasteiger partial charge is 0.211 e. The second kappa shape index (κ2) is 7.81. The third kappa shape index (κ3) is 6.34. The van der Waals surface area contributed by atoms with E-state index >= 15 is 0 Å². The topological polar surface area (TPSA) is 66.4 Å². The largest absolute Gasteiger partial charge is 0.396 e. The summed E-state index contributed by atoms with van der Waals surface area (Å²) in [6.45, 7) is 0.601. The summed E-state index contributed by atoms with van der Waals surface area (Å²) in [6.07, 6.45) is 1.08. The van der Waals surface area contributed by atoms with Crippen molar-refractivity contribution in [2.24, 2.45) is 0 Å². The van der Waals surface area contributed by atoms with Crippen LogP contribution in [0.3, 0.4) is 0 Å². The summed E-state index contributed by atoms with van der Waals surface area (Å²) in [5, 5.41) is 8.98. The SMILES string of the molecule is O=S(=O)(CCCCO)NCC1CSCCS1. The molecule has 96 valence electrons. The summed E-state index contributed by atoms with van der Waals surface area (Å²) in [6, 6.07) is 0. The Labute approximate surface area is 106 Å². The Morgan fingerprint density at radius 2 is 2.12 bits per heavy atom. The van der Waals surface area contributed by atoms with E-state index in [0.29, 0.717) is 24.6 Å². The summed E-state index contributed by atoms with van der Waals surface area (Å²) in [5.74, 6) is 3.44. The Balaban J connectivity index is 2.18. The quantitative estimate of drug-likeness (QED) is 0.668. The van der Waals surface area contributed by atoms with E-state index in [0.717, 1.165) is 11.5 Å². The highest BCUT2D eigenvalue weighted by Crippen LogP contribution is 2.23. The number of thioether (sulfide) groups is 2. The maximum Gasteiger partial charge on any atom is 0.211 e. The van der Waals surface area contributed by atoms with Crippen molar-refractivity contribution in [2.45, 2.75) is 18.1 Å². The van der Waals surface area contributed by atoms with Gasteiger partial charge >= 0.3 is 0 Å². The molecule has 0 bridgehead atoms. The van der Waals surface area contributed by atoms with Crippen molar-refractivity contribution in [3.8, 4) is 0 Å². The van der Waals surface area contributed by atoms with Gasteiger partial charge in [-0.15, -0.1) is 0 Å². The van der Waals surface area contributed by atoms with Crippen LogP contribution in [-0.2, 0) is 10.0 Å². The maximum absolute atomic E-state index is 11.5. The van der Waals surface area contributed by atoms with Crippen molar-refractivity contribution in [3.63, 3.8) is 0 Å². The van der Waals surface area contributed by atoms with Crippen LogP contribution in [0.25, 0.3) is 0 Å². The van der Waals surface area contributed by atoms with E-state index in [1.807, 2.05) is 23.5 Å². The molecule has 1 unspecified atom stereocenters. The molecule has 1 aliphatic rings. The van der Waals surface area contributed by atoms with Crippen LogP contribution in [0.2, 0.25) is 0 Å². The van der Waals surface area contributed by atoms with Gasteiger partial charge in [-0.1, -0.05) is 0 Å². The maximum atomic E-state index is 11.5. The highest BCUT2D eigenvalue weighted by molar-refractivity contribution is 8.06. The first-order valence-corrected chi connectivity index (χ1v) is 9.27. The summed E-state index contributed by atoms with van der Waals surface area (Å²) < 4.78 is 25.7. The van der Waals surface area contributed by atoms with Gasteiger partial charge in [0.1, 0.15) is 0 Å². The van der Waals surface area contributed by atoms with Gasteiger partial charge < -0.3 is 5.11 Å². The molecule has 1 atom stereocenters. The molecule has 0 aromatic heterocycles. The molecular weight excluding hydrogens is 266 g/mol. The van der Waals surface area contributed by atoms with Crippen LogP contribution >= 0.6 is 23.5 Å². The molecule has 4 nitrogen and oxygen atoms in total. The number of aliphatic hydroxyl groups excluding tert-OH is 1. The molecule has 1 rings (SSSR count). The minimum atomic E-state index is -3.14. The third-order valence-electron chi connectivity index (χ3n) is 2.24. The van der Waals surface area contributed by atoms with Crippen molar-refractivity contribution >= 4 is 33.5 Å². The molecule has 2 N–H and O–H groups in total. The van der Waals surface area contributed by atoms with Crippen LogP contribution < -0.4 is 4.72 Å². The predicted octanol–water partition coefficient (Wildman–Crippen LogP) is 0.527. The molecular formula is C9H19NO3S3. The predicted molar refractivity (Wildman–Crippen MR) is 71.7 cm³/mol. The van der Waals surface area contributed by atoms with E-state index < -0.39 is 10.0 Å². The minimum absolute atomic E-state index is 0.0602. The molecule has 0 aromatic carbocycles. The normalized spacial score (nSPS) is 22.2. The van der Waals surface area contributed by atoms with Gasteiger partial charge in [-0.05, 0) is 12.8 Å². The molecule has 0 radical (unpaired) electrons. The Morgan fingerprint density at radius 1 is 1.31 bits per heavy atom. The number of unbranched alkanes of at least 4 members (excludes halogenated alkanes) is 1. The van der Waals surface area contributed by atoms with Gasteiger partial charge in [-0.2, -0.15) is 23.5 Å². The average Bonchev–Trinajstić information content (AvgIpc) is 2.28. The Hall–Kier alpha value is 0.570. The molecule has 0 aromatic rings. The van der Waals surface area contributed by atoms with Gasteiger partial charge in [0.05, 0.1) is 5.75 Å². The van der Waals surface area contributed by atoms with Crippen molar-refractivity contribution < 1.29 is 13.5 Å². The van der Waals surface area contributed by atoms with Gasteiger partial charge in [-0.3, -0.25) is 0 Å². The highest BCUT2D eigenvalue weighted by Gasteiger charge is 2.17. The Bertz CT molecular complexity index is 276. The van der Waals surface area contributed by atoms with Gasteiger partial charge in [0, 0.05) is 35.7 Å². The monoisotopic (exact) mass is 285 g/mol. The summed E-state index contributed by atoms with van der Waals surface area (Å²) in [7, 11) is -3.14. The number of hydrogen-bond acceptors (Lipinski definition) is 5. The molecule has 1 heterocycles. The summed E-state index contributed by atoms with van der Waals surface area (Å²) >= 11 is 3.73. The third-order valence-corrected chi connectivity index (χ3v) is 6.51. The van der Waals surface area contributed by atoms with Crippen LogP contribution in [-0.4, -0.2) is 54.9 Å². The van der Waals surface area contributed by atoms with Crippen LogP contribution in [0.1, 0.15) is 12.8 Å². The van der Waals surface area contributed by atoms with Gasteiger partial charge in [-0.25, -0.2) is 13.1 Å². The lowest BCUT2D eigenvalue weighted by atomic mass is 10.4. The summed E-state index contributed by atoms with van der Waals surface area (Å²) in [4.78, 5) is 0. The number of rotatable bonds is 7. The second-order valence-corrected chi connectivity index (χ2v) is 8.15. The van der Waals surface area contributed by atoms with Crippen LogP contribution in [0.15, 0.2) is 0 Å². The molecule has 1 fully saturated rings. The molecule has 0 saturated carbocycles. The average molecular weight is 285 g/mol. The van der Waals surface area contributed by atoms with Gasteiger partial charge in [0.15, 0.2) is 0 Å². The van der Waals surface area contributed by atoms with Crippen molar-refractivity contribution in [2.75, 3.05) is 36.2 Å². The molecule has 1 aliphatic heterocycles. The lowest BCUT2D eigenvalue weighted by molar-refractivity contribution is 0.287.